The van der Waals surface area contributed by atoms with Crippen LogP contribution in [0, 0.1) is 0 Å². The molecule has 0 aliphatic carbocycles. The smallest absolute Gasteiger partial charge is 0.271 e. The summed E-state index contributed by atoms with van der Waals surface area (Å²) >= 11 is 0. The number of amides is 2. The van der Waals surface area contributed by atoms with E-state index in [1.165, 1.54) is 23.5 Å². The number of fused-ring (bicyclic) bond motifs is 1. The summed E-state index contributed by atoms with van der Waals surface area (Å²) in [4.78, 5) is 37.6. The number of aromatic amines is 1. The Morgan fingerprint density at radius 3 is 2.97 bits per heavy atom. The highest BCUT2D eigenvalue weighted by Gasteiger charge is 2.35. The Hall–Kier alpha value is -3.30. The van der Waals surface area contributed by atoms with Crippen molar-refractivity contribution in [1.29, 1.82) is 0 Å². The molecule has 0 saturated carbocycles. The molecule has 0 unspecified atom stereocenters. The number of carbonyl (C=O) groups is 2. The Kier molecular flexibility index (Phi) is 5.24. The number of carbonyl (C=O) groups excluding carboxylic acids is 2. The molecule has 1 fully saturated rings. The van der Waals surface area contributed by atoms with Gasteiger partial charge in [0.1, 0.15) is 17.0 Å². The molecule has 1 aromatic carbocycles. The SMILES string of the molecule is O=C(NC[C@@]1(O)COCCN(C(=O)c2cc3ccccc3[nH]2)C1)c1cnccn1. The summed E-state index contributed by atoms with van der Waals surface area (Å²) in [6, 6.07) is 9.41. The van der Waals surface area contributed by atoms with Crippen LogP contribution in [0.5, 0.6) is 0 Å². The van der Waals surface area contributed by atoms with Gasteiger partial charge in [-0.05, 0) is 12.1 Å². The van der Waals surface area contributed by atoms with Gasteiger partial charge in [0.25, 0.3) is 11.8 Å². The summed E-state index contributed by atoms with van der Waals surface area (Å²) in [7, 11) is 0. The molecule has 9 nitrogen and oxygen atoms in total. The molecule has 1 aliphatic heterocycles. The van der Waals surface area contributed by atoms with Gasteiger partial charge in [-0.2, -0.15) is 0 Å². The van der Waals surface area contributed by atoms with Crippen LogP contribution in [-0.2, 0) is 4.74 Å². The van der Waals surface area contributed by atoms with Crippen molar-refractivity contribution in [1.82, 2.24) is 25.2 Å². The molecule has 3 N–H and O–H groups in total. The van der Waals surface area contributed by atoms with Crippen LogP contribution in [0.2, 0.25) is 0 Å². The van der Waals surface area contributed by atoms with E-state index in [9.17, 15) is 14.7 Å². The molecule has 1 saturated heterocycles. The number of nitrogens with zero attached hydrogens (tertiary/aromatic N) is 3. The molecule has 1 atom stereocenters. The predicted octanol–water partition coefficient (Wildman–Crippen LogP) is 0.591. The molecule has 0 bridgehead atoms. The zero-order chi connectivity index (χ0) is 20.3. The van der Waals surface area contributed by atoms with E-state index >= 15 is 0 Å². The molecule has 150 valence electrons. The average Bonchev–Trinajstić information content (AvgIpc) is 3.09. The number of aliphatic hydroxyl groups is 1. The van der Waals surface area contributed by atoms with E-state index in [1.54, 1.807) is 6.07 Å². The van der Waals surface area contributed by atoms with E-state index in [-0.39, 0.29) is 31.3 Å². The van der Waals surface area contributed by atoms with Gasteiger partial charge in [0.05, 0.1) is 32.5 Å². The number of nitrogens with one attached hydrogen (secondary N) is 2. The standard InChI is InChI=1S/C20H21N5O4/c26-18(17-10-21-5-6-22-17)23-11-20(28)12-25(7-8-29-13-20)19(27)16-9-14-3-1-2-4-15(14)24-16/h1-6,9-10,24,28H,7-8,11-13H2,(H,23,26)/t20-/m0/s1. The second kappa shape index (κ2) is 7.98. The third kappa shape index (κ3) is 4.25. The highest BCUT2D eigenvalue weighted by Crippen LogP contribution is 2.19. The molecule has 9 heteroatoms. The zero-order valence-corrected chi connectivity index (χ0v) is 15.7. The number of H-pyrrole nitrogens is 1. The lowest BCUT2D eigenvalue weighted by Crippen LogP contribution is -2.53. The lowest BCUT2D eigenvalue weighted by molar-refractivity contribution is -0.0324. The van der Waals surface area contributed by atoms with Gasteiger partial charge in [0.2, 0.25) is 0 Å². The molecule has 4 rings (SSSR count). The van der Waals surface area contributed by atoms with Crippen molar-refractivity contribution in [2.24, 2.45) is 0 Å². The minimum absolute atomic E-state index is 0.00420. The van der Waals surface area contributed by atoms with Gasteiger partial charge in [-0.25, -0.2) is 4.98 Å². The number of benzene rings is 1. The number of hydrogen-bond acceptors (Lipinski definition) is 6. The van der Waals surface area contributed by atoms with Crippen molar-refractivity contribution < 1.29 is 19.4 Å². The number of rotatable bonds is 4. The van der Waals surface area contributed by atoms with E-state index in [1.807, 2.05) is 24.3 Å². The maximum atomic E-state index is 13.0. The van der Waals surface area contributed by atoms with E-state index in [0.29, 0.717) is 18.8 Å². The van der Waals surface area contributed by atoms with Crippen LogP contribution in [0.1, 0.15) is 21.0 Å². The van der Waals surface area contributed by atoms with Crippen LogP contribution < -0.4 is 5.32 Å². The van der Waals surface area contributed by atoms with Gasteiger partial charge in [-0.15, -0.1) is 0 Å². The Balaban J connectivity index is 1.46. The van der Waals surface area contributed by atoms with Crippen LogP contribution in [0.15, 0.2) is 48.9 Å². The summed E-state index contributed by atoms with van der Waals surface area (Å²) in [5.41, 5.74) is 0.0415. The Labute approximate surface area is 166 Å². The molecule has 29 heavy (non-hydrogen) atoms. The second-order valence-corrected chi connectivity index (χ2v) is 7.05. The lowest BCUT2D eigenvalue weighted by Gasteiger charge is -2.30. The fraction of sp³-hybridized carbons (Fsp3) is 0.300. The van der Waals surface area contributed by atoms with Crippen LogP contribution in [0.25, 0.3) is 10.9 Å². The summed E-state index contributed by atoms with van der Waals surface area (Å²) < 4.78 is 5.49. The average molecular weight is 395 g/mol. The van der Waals surface area contributed by atoms with Gasteiger partial charge >= 0.3 is 0 Å². The molecule has 2 aromatic heterocycles. The monoisotopic (exact) mass is 395 g/mol. The molecule has 3 heterocycles. The first-order valence-electron chi connectivity index (χ1n) is 9.25. The maximum Gasteiger partial charge on any atom is 0.271 e. The normalized spacial score (nSPS) is 19.7. The fourth-order valence-corrected chi connectivity index (χ4v) is 3.31. The molecule has 0 radical (unpaired) electrons. The van der Waals surface area contributed by atoms with E-state index < -0.39 is 11.5 Å². The van der Waals surface area contributed by atoms with Crippen LogP contribution in [-0.4, -0.2) is 75.2 Å². The predicted molar refractivity (Wildman–Crippen MR) is 104 cm³/mol. The molecule has 2 amide bonds. The van der Waals surface area contributed by atoms with Crippen molar-refractivity contribution in [2.75, 3.05) is 32.8 Å². The largest absolute Gasteiger partial charge is 0.384 e. The topological polar surface area (TPSA) is 120 Å². The zero-order valence-electron chi connectivity index (χ0n) is 15.7. The summed E-state index contributed by atoms with van der Waals surface area (Å²) in [6.07, 6.45) is 4.23. The van der Waals surface area contributed by atoms with Crippen molar-refractivity contribution >= 4 is 22.7 Å². The minimum atomic E-state index is -1.42. The Bertz CT molecular complexity index is 989. The van der Waals surface area contributed by atoms with Crippen LogP contribution >= 0.6 is 0 Å². The number of ether oxygens (including phenoxy) is 1. The van der Waals surface area contributed by atoms with E-state index in [4.69, 9.17) is 4.74 Å². The number of hydrogen-bond donors (Lipinski definition) is 3. The quantitative estimate of drug-likeness (QED) is 0.595. The van der Waals surface area contributed by atoms with Crippen LogP contribution in [0.3, 0.4) is 0 Å². The number of β-amino-alcohol motifs (C(OH)–C–C–N with tert-alkyl or cyclic N) is 1. The fourth-order valence-electron chi connectivity index (χ4n) is 3.31. The number of para-hydroxylation sites is 1. The molecule has 1 aliphatic rings. The number of aromatic nitrogens is 3. The first-order chi connectivity index (χ1) is 14.0. The third-order valence-electron chi connectivity index (χ3n) is 4.78. The third-order valence-corrected chi connectivity index (χ3v) is 4.78. The van der Waals surface area contributed by atoms with E-state index in [0.717, 1.165) is 10.9 Å². The molecular weight excluding hydrogens is 374 g/mol. The highest BCUT2D eigenvalue weighted by atomic mass is 16.5. The van der Waals surface area contributed by atoms with E-state index in [2.05, 4.69) is 20.3 Å². The van der Waals surface area contributed by atoms with Gasteiger partial charge in [0.15, 0.2) is 0 Å². The summed E-state index contributed by atoms with van der Waals surface area (Å²) in [6.45, 7) is 0.589. The second-order valence-electron chi connectivity index (χ2n) is 7.05. The van der Waals surface area contributed by atoms with Crippen molar-refractivity contribution in [3.05, 3.63) is 60.3 Å². The minimum Gasteiger partial charge on any atom is -0.384 e. The highest BCUT2D eigenvalue weighted by molar-refractivity contribution is 5.98. The van der Waals surface area contributed by atoms with Crippen molar-refractivity contribution in [3.63, 3.8) is 0 Å². The Morgan fingerprint density at radius 1 is 1.31 bits per heavy atom. The maximum absolute atomic E-state index is 13.0. The van der Waals surface area contributed by atoms with Gasteiger partial charge in [0, 0.05) is 29.8 Å². The van der Waals surface area contributed by atoms with Crippen molar-refractivity contribution in [2.45, 2.75) is 5.60 Å². The summed E-state index contributed by atoms with van der Waals surface area (Å²) in [5.74, 6) is -0.686. The van der Waals surface area contributed by atoms with Crippen molar-refractivity contribution in [3.8, 4) is 0 Å². The molecular formula is C20H21N5O4. The van der Waals surface area contributed by atoms with Crippen LogP contribution in [0.4, 0.5) is 0 Å². The Morgan fingerprint density at radius 2 is 2.17 bits per heavy atom. The summed E-state index contributed by atoms with van der Waals surface area (Å²) in [5, 5.41) is 14.6. The first kappa shape index (κ1) is 19.0. The first-order valence-corrected chi connectivity index (χ1v) is 9.25. The molecule has 0 spiro atoms. The lowest BCUT2D eigenvalue weighted by atomic mass is 10.0. The van der Waals surface area contributed by atoms with Gasteiger partial charge in [-0.3, -0.25) is 14.6 Å². The van der Waals surface area contributed by atoms with Gasteiger partial charge < -0.3 is 25.0 Å². The molecule has 3 aromatic rings. The van der Waals surface area contributed by atoms with Gasteiger partial charge in [-0.1, -0.05) is 18.2 Å².